The lowest BCUT2D eigenvalue weighted by atomic mass is 9.86. The topological polar surface area (TPSA) is 32.5 Å². The van der Waals surface area contributed by atoms with Crippen molar-refractivity contribution < 1.29 is 0 Å². The van der Waals surface area contributed by atoms with Gasteiger partial charge in [0, 0.05) is 19.1 Å². The van der Waals surface area contributed by atoms with Gasteiger partial charge in [0.05, 0.1) is 0 Å². The molecular weight excluding hydrogens is 174 g/mol. The van der Waals surface area contributed by atoms with Crippen molar-refractivity contribution in [1.82, 2.24) is 9.91 Å². The molecule has 2 N–H and O–H groups in total. The number of hydrogen-bond acceptors (Lipinski definition) is 3. The molecule has 0 aromatic carbocycles. The fraction of sp³-hybridized carbons (Fsp3) is 1.00. The maximum Gasteiger partial charge on any atom is 0.0183 e. The van der Waals surface area contributed by atoms with Crippen molar-refractivity contribution in [3.05, 3.63) is 0 Å². The second-order valence-corrected chi connectivity index (χ2v) is 5.36. The van der Waals surface area contributed by atoms with Gasteiger partial charge in [0.25, 0.3) is 0 Å². The SMILES string of the molecule is CC(C)N(C)CCC1(C)CCN(N)C1. The van der Waals surface area contributed by atoms with E-state index in [1.807, 2.05) is 5.01 Å². The number of nitrogens with two attached hydrogens (primary N) is 1. The molecule has 0 bridgehead atoms. The van der Waals surface area contributed by atoms with Crippen LogP contribution in [0, 0.1) is 5.41 Å². The molecule has 0 spiro atoms. The third-order valence-electron chi connectivity index (χ3n) is 3.54. The summed E-state index contributed by atoms with van der Waals surface area (Å²) in [4.78, 5) is 2.41. The lowest BCUT2D eigenvalue weighted by Gasteiger charge is -2.28. The zero-order chi connectivity index (χ0) is 10.8. The quantitative estimate of drug-likeness (QED) is 0.693. The van der Waals surface area contributed by atoms with Gasteiger partial charge in [0.2, 0.25) is 0 Å². The summed E-state index contributed by atoms with van der Waals surface area (Å²) in [6.07, 6.45) is 2.50. The summed E-state index contributed by atoms with van der Waals surface area (Å²) in [5, 5.41) is 1.95. The normalized spacial score (nSPS) is 29.4. The zero-order valence-corrected chi connectivity index (χ0v) is 10.1. The Balaban J connectivity index is 2.30. The van der Waals surface area contributed by atoms with E-state index in [9.17, 15) is 0 Å². The number of hydrazine groups is 1. The molecule has 1 fully saturated rings. The van der Waals surface area contributed by atoms with Gasteiger partial charge >= 0.3 is 0 Å². The fourth-order valence-corrected chi connectivity index (χ4v) is 1.97. The van der Waals surface area contributed by atoms with Crippen LogP contribution in [-0.2, 0) is 0 Å². The van der Waals surface area contributed by atoms with Crippen molar-refractivity contribution in [1.29, 1.82) is 0 Å². The van der Waals surface area contributed by atoms with Crippen molar-refractivity contribution in [2.75, 3.05) is 26.7 Å². The molecule has 0 aliphatic carbocycles. The molecule has 1 aliphatic heterocycles. The zero-order valence-electron chi connectivity index (χ0n) is 10.1. The van der Waals surface area contributed by atoms with E-state index in [1.54, 1.807) is 0 Å². The van der Waals surface area contributed by atoms with Gasteiger partial charge in [-0.05, 0) is 45.7 Å². The van der Waals surface area contributed by atoms with Gasteiger partial charge in [-0.2, -0.15) is 0 Å². The summed E-state index contributed by atoms with van der Waals surface area (Å²) in [6, 6.07) is 0.647. The largest absolute Gasteiger partial charge is 0.304 e. The fourth-order valence-electron chi connectivity index (χ4n) is 1.97. The molecule has 3 nitrogen and oxygen atoms in total. The first-order chi connectivity index (χ1) is 6.43. The van der Waals surface area contributed by atoms with Crippen molar-refractivity contribution in [3.63, 3.8) is 0 Å². The van der Waals surface area contributed by atoms with Crippen LogP contribution in [-0.4, -0.2) is 42.6 Å². The Kier molecular flexibility index (Phi) is 3.93. The highest BCUT2D eigenvalue weighted by molar-refractivity contribution is 4.84. The molecular formula is C11H25N3. The Hall–Kier alpha value is -0.120. The van der Waals surface area contributed by atoms with Gasteiger partial charge in [-0.1, -0.05) is 6.92 Å². The summed E-state index contributed by atoms with van der Waals surface area (Å²) in [5.74, 6) is 5.80. The number of rotatable bonds is 4. The third-order valence-corrected chi connectivity index (χ3v) is 3.54. The van der Waals surface area contributed by atoms with Crippen molar-refractivity contribution in [3.8, 4) is 0 Å². The Morgan fingerprint density at radius 3 is 2.57 bits per heavy atom. The molecule has 1 aliphatic rings. The highest BCUT2D eigenvalue weighted by Gasteiger charge is 2.32. The first-order valence-electron chi connectivity index (χ1n) is 5.63. The van der Waals surface area contributed by atoms with E-state index in [0.29, 0.717) is 11.5 Å². The summed E-state index contributed by atoms with van der Waals surface area (Å²) in [7, 11) is 2.20. The molecule has 0 aromatic heterocycles. The van der Waals surface area contributed by atoms with Crippen LogP contribution in [0.15, 0.2) is 0 Å². The van der Waals surface area contributed by atoms with Crippen LogP contribution in [0.25, 0.3) is 0 Å². The van der Waals surface area contributed by atoms with Crippen LogP contribution >= 0.6 is 0 Å². The van der Waals surface area contributed by atoms with Crippen molar-refractivity contribution in [2.24, 2.45) is 11.3 Å². The highest BCUT2D eigenvalue weighted by atomic mass is 15.4. The van der Waals surface area contributed by atoms with Crippen LogP contribution in [0.2, 0.25) is 0 Å². The van der Waals surface area contributed by atoms with Crippen LogP contribution < -0.4 is 5.84 Å². The molecule has 0 aromatic rings. The summed E-state index contributed by atoms with van der Waals surface area (Å²) < 4.78 is 0. The van der Waals surface area contributed by atoms with E-state index in [4.69, 9.17) is 5.84 Å². The maximum absolute atomic E-state index is 5.80. The monoisotopic (exact) mass is 199 g/mol. The standard InChI is InChI=1S/C11H25N3/c1-10(2)13(4)7-5-11(3)6-8-14(12)9-11/h10H,5-9,12H2,1-4H3. The summed E-state index contributed by atoms with van der Waals surface area (Å²) in [5.41, 5.74) is 0.442. The minimum absolute atomic E-state index is 0.442. The van der Waals surface area contributed by atoms with Crippen LogP contribution in [0.3, 0.4) is 0 Å². The van der Waals surface area contributed by atoms with Gasteiger partial charge in [0.1, 0.15) is 0 Å². The summed E-state index contributed by atoms with van der Waals surface area (Å²) >= 11 is 0. The predicted octanol–water partition coefficient (Wildman–Crippen LogP) is 1.30. The van der Waals surface area contributed by atoms with Gasteiger partial charge in [-0.15, -0.1) is 0 Å². The third kappa shape index (κ3) is 3.23. The van der Waals surface area contributed by atoms with Gasteiger partial charge < -0.3 is 4.90 Å². The minimum Gasteiger partial charge on any atom is -0.304 e. The molecule has 3 heteroatoms. The highest BCUT2D eigenvalue weighted by Crippen LogP contribution is 2.31. The van der Waals surface area contributed by atoms with Crippen LogP contribution in [0.1, 0.15) is 33.6 Å². The first-order valence-corrected chi connectivity index (χ1v) is 5.63. The molecule has 0 amide bonds. The average molecular weight is 199 g/mol. The molecule has 14 heavy (non-hydrogen) atoms. The second-order valence-electron chi connectivity index (χ2n) is 5.36. The van der Waals surface area contributed by atoms with E-state index in [-0.39, 0.29) is 0 Å². The maximum atomic E-state index is 5.80. The van der Waals surface area contributed by atoms with E-state index in [0.717, 1.165) is 13.1 Å². The lowest BCUT2D eigenvalue weighted by Crippen LogP contribution is -2.34. The lowest BCUT2D eigenvalue weighted by molar-refractivity contribution is 0.201. The second kappa shape index (κ2) is 4.60. The summed E-state index contributed by atoms with van der Waals surface area (Å²) in [6.45, 7) is 10.1. The van der Waals surface area contributed by atoms with Gasteiger partial charge in [0.15, 0.2) is 0 Å². The number of hydrogen-bond donors (Lipinski definition) is 1. The Bertz CT molecular complexity index is 181. The Labute approximate surface area is 88.2 Å². The van der Waals surface area contributed by atoms with E-state index in [1.165, 1.54) is 19.4 Å². The van der Waals surface area contributed by atoms with Gasteiger partial charge in [-0.3, -0.25) is 5.84 Å². The average Bonchev–Trinajstić information content (AvgIpc) is 2.43. The molecule has 84 valence electrons. The molecule has 1 heterocycles. The van der Waals surface area contributed by atoms with Crippen LogP contribution in [0.5, 0.6) is 0 Å². The Morgan fingerprint density at radius 1 is 1.50 bits per heavy atom. The smallest absolute Gasteiger partial charge is 0.0183 e. The number of nitrogens with zero attached hydrogens (tertiary/aromatic N) is 2. The molecule has 1 rings (SSSR count). The molecule has 1 atom stereocenters. The molecule has 0 radical (unpaired) electrons. The van der Waals surface area contributed by atoms with E-state index < -0.39 is 0 Å². The van der Waals surface area contributed by atoms with Crippen molar-refractivity contribution in [2.45, 2.75) is 39.7 Å². The van der Waals surface area contributed by atoms with Gasteiger partial charge in [-0.25, -0.2) is 5.01 Å². The Morgan fingerprint density at radius 2 is 2.14 bits per heavy atom. The predicted molar refractivity (Wildman–Crippen MR) is 60.9 cm³/mol. The van der Waals surface area contributed by atoms with E-state index in [2.05, 4.69) is 32.7 Å². The first kappa shape index (κ1) is 12.0. The van der Waals surface area contributed by atoms with E-state index >= 15 is 0 Å². The molecule has 1 saturated heterocycles. The molecule has 0 saturated carbocycles. The molecule has 1 unspecified atom stereocenters. The van der Waals surface area contributed by atoms with Crippen molar-refractivity contribution >= 4 is 0 Å². The van der Waals surface area contributed by atoms with Crippen LogP contribution in [0.4, 0.5) is 0 Å². The minimum atomic E-state index is 0.442.